The van der Waals surface area contributed by atoms with Crippen LogP contribution in [0, 0.1) is 6.92 Å². The molecule has 1 aliphatic rings. The Morgan fingerprint density at radius 1 is 0.958 bits per heavy atom. The monoisotopic (exact) mass is 321 g/mol. The van der Waals surface area contributed by atoms with E-state index in [9.17, 15) is 0 Å². The van der Waals surface area contributed by atoms with Gasteiger partial charge in [-0.25, -0.2) is 4.98 Å². The highest BCUT2D eigenvalue weighted by Gasteiger charge is 2.18. The number of fused-ring (bicyclic) bond motifs is 1. The van der Waals surface area contributed by atoms with Crippen molar-refractivity contribution in [3.8, 4) is 0 Å². The van der Waals surface area contributed by atoms with Crippen LogP contribution in [-0.4, -0.2) is 50.3 Å². The van der Waals surface area contributed by atoms with Crippen molar-refractivity contribution in [2.24, 2.45) is 0 Å². The Hall–Kier alpha value is -2.24. The molecular formula is C19H23N5. The Kier molecular flexibility index (Phi) is 4.28. The van der Waals surface area contributed by atoms with Crippen molar-refractivity contribution in [1.82, 2.24) is 24.2 Å². The van der Waals surface area contributed by atoms with Gasteiger partial charge in [0.25, 0.3) is 0 Å². The van der Waals surface area contributed by atoms with Crippen molar-refractivity contribution >= 4 is 5.65 Å². The number of aromatic nitrogens is 3. The lowest BCUT2D eigenvalue weighted by atomic mass is 10.2. The van der Waals surface area contributed by atoms with Gasteiger partial charge in [-0.3, -0.25) is 14.8 Å². The molecule has 5 nitrogen and oxygen atoms in total. The molecule has 3 aromatic heterocycles. The van der Waals surface area contributed by atoms with Crippen LogP contribution in [0.4, 0.5) is 0 Å². The summed E-state index contributed by atoms with van der Waals surface area (Å²) >= 11 is 0. The lowest BCUT2D eigenvalue weighted by Gasteiger charge is -2.34. The standard InChI is InChI=1S/C19H23N5/c1-16-3-2-8-24-18(13-21-19(16)24)15-23-11-9-22(10-12-23)14-17-4-6-20-7-5-17/h2-8,13H,9-12,14-15H2,1H3. The zero-order valence-corrected chi connectivity index (χ0v) is 14.1. The summed E-state index contributed by atoms with van der Waals surface area (Å²) in [5, 5.41) is 0. The molecule has 0 atom stereocenters. The fourth-order valence-corrected chi connectivity index (χ4v) is 3.40. The molecule has 0 bridgehead atoms. The van der Waals surface area contributed by atoms with E-state index in [0.29, 0.717) is 0 Å². The van der Waals surface area contributed by atoms with Gasteiger partial charge in [-0.05, 0) is 36.2 Å². The second kappa shape index (κ2) is 6.71. The molecule has 1 aliphatic heterocycles. The minimum atomic E-state index is 0.966. The first-order chi connectivity index (χ1) is 11.8. The first-order valence-electron chi connectivity index (χ1n) is 8.55. The third-order valence-electron chi connectivity index (χ3n) is 4.81. The Bertz CT molecular complexity index is 803. The molecule has 5 heteroatoms. The molecular weight excluding hydrogens is 298 g/mol. The number of imidazole rings is 1. The summed E-state index contributed by atoms with van der Waals surface area (Å²) < 4.78 is 2.22. The second-order valence-corrected chi connectivity index (χ2v) is 6.54. The van der Waals surface area contributed by atoms with Crippen LogP contribution in [-0.2, 0) is 13.1 Å². The van der Waals surface area contributed by atoms with Crippen molar-refractivity contribution in [1.29, 1.82) is 0 Å². The highest BCUT2D eigenvalue weighted by Crippen LogP contribution is 2.15. The molecule has 0 aromatic carbocycles. The van der Waals surface area contributed by atoms with Crippen LogP contribution in [0.2, 0.25) is 0 Å². The predicted molar refractivity (Wildman–Crippen MR) is 94.7 cm³/mol. The van der Waals surface area contributed by atoms with E-state index < -0.39 is 0 Å². The minimum Gasteiger partial charge on any atom is -0.303 e. The molecule has 1 fully saturated rings. The van der Waals surface area contributed by atoms with Gasteiger partial charge in [0.1, 0.15) is 5.65 Å². The van der Waals surface area contributed by atoms with E-state index in [0.717, 1.165) is 44.9 Å². The first-order valence-corrected chi connectivity index (χ1v) is 8.55. The smallest absolute Gasteiger partial charge is 0.139 e. The van der Waals surface area contributed by atoms with E-state index >= 15 is 0 Å². The van der Waals surface area contributed by atoms with Crippen LogP contribution in [0.25, 0.3) is 5.65 Å². The third kappa shape index (κ3) is 3.18. The molecule has 4 rings (SSSR count). The SMILES string of the molecule is Cc1cccn2c(CN3CCN(Cc4ccncc4)CC3)cnc12. The van der Waals surface area contributed by atoms with Crippen molar-refractivity contribution in [2.75, 3.05) is 26.2 Å². The van der Waals surface area contributed by atoms with Gasteiger partial charge >= 0.3 is 0 Å². The Morgan fingerprint density at radius 3 is 2.42 bits per heavy atom. The van der Waals surface area contributed by atoms with Crippen LogP contribution in [0.1, 0.15) is 16.8 Å². The van der Waals surface area contributed by atoms with Crippen molar-refractivity contribution in [3.63, 3.8) is 0 Å². The van der Waals surface area contributed by atoms with Crippen LogP contribution in [0.15, 0.2) is 49.1 Å². The van der Waals surface area contributed by atoms with Crippen LogP contribution in [0.3, 0.4) is 0 Å². The number of rotatable bonds is 4. The molecule has 124 valence electrons. The quantitative estimate of drug-likeness (QED) is 0.739. The first kappa shape index (κ1) is 15.3. The summed E-state index contributed by atoms with van der Waals surface area (Å²) in [5.41, 5.74) is 4.92. The van der Waals surface area contributed by atoms with Gasteiger partial charge in [-0.15, -0.1) is 0 Å². The molecule has 0 unspecified atom stereocenters. The average Bonchev–Trinajstić information content (AvgIpc) is 3.02. The maximum absolute atomic E-state index is 4.57. The topological polar surface area (TPSA) is 36.7 Å². The molecule has 0 amide bonds. The van der Waals surface area contributed by atoms with Gasteiger partial charge in [0, 0.05) is 57.9 Å². The van der Waals surface area contributed by atoms with Crippen molar-refractivity contribution < 1.29 is 0 Å². The molecule has 0 saturated carbocycles. The molecule has 24 heavy (non-hydrogen) atoms. The zero-order valence-electron chi connectivity index (χ0n) is 14.1. The van der Waals surface area contributed by atoms with Crippen LogP contribution >= 0.6 is 0 Å². The summed E-state index contributed by atoms with van der Waals surface area (Å²) in [6.07, 6.45) is 7.88. The van der Waals surface area contributed by atoms with Gasteiger partial charge in [-0.1, -0.05) is 6.07 Å². The average molecular weight is 321 g/mol. The Morgan fingerprint density at radius 2 is 1.67 bits per heavy atom. The fraction of sp³-hybridized carbons (Fsp3) is 0.368. The number of hydrogen-bond acceptors (Lipinski definition) is 4. The second-order valence-electron chi connectivity index (χ2n) is 6.54. The molecule has 4 heterocycles. The maximum Gasteiger partial charge on any atom is 0.139 e. The fourth-order valence-electron chi connectivity index (χ4n) is 3.40. The summed E-state index contributed by atoms with van der Waals surface area (Å²) in [6.45, 7) is 8.52. The zero-order chi connectivity index (χ0) is 16.4. The van der Waals surface area contributed by atoms with Gasteiger partial charge in [0.2, 0.25) is 0 Å². The highest BCUT2D eigenvalue weighted by atomic mass is 15.3. The number of hydrogen-bond donors (Lipinski definition) is 0. The van der Waals surface area contributed by atoms with Crippen molar-refractivity contribution in [3.05, 3.63) is 65.9 Å². The van der Waals surface area contributed by atoms with Crippen LogP contribution in [0.5, 0.6) is 0 Å². The van der Waals surface area contributed by atoms with E-state index in [4.69, 9.17) is 0 Å². The third-order valence-corrected chi connectivity index (χ3v) is 4.81. The maximum atomic E-state index is 4.57. The number of piperazine rings is 1. The lowest BCUT2D eigenvalue weighted by Crippen LogP contribution is -2.45. The number of nitrogens with zero attached hydrogens (tertiary/aromatic N) is 5. The van der Waals surface area contributed by atoms with E-state index in [1.807, 2.05) is 18.6 Å². The number of aryl methyl sites for hydroxylation is 1. The van der Waals surface area contributed by atoms with Crippen molar-refractivity contribution in [2.45, 2.75) is 20.0 Å². The largest absolute Gasteiger partial charge is 0.303 e. The highest BCUT2D eigenvalue weighted by molar-refractivity contribution is 5.48. The van der Waals surface area contributed by atoms with E-state index in [2.05, 4.69) is 61.6 Å². The molecule has 1 saturated heterocycles. The van der Waals surface area contributed by atoms with E-state index in [-0.39, 0.29) is 0 Å². The minimum absolute atomic E-state index is 0.966. The summed E-state index contributed by atoms with van der Waals surface area (Å²) in [7, 11) is 0. The summed E-state index contributed by atoms with van der Waals surface area (Å²) in [6, 6.07) is 8.42. The predicted octanol–water partition coefficient (Wildman–Crippen LogP) is 2.36. The summed E-state index contributed by atoms with van der Waals surface area (Å²) in [5.74, 6) is 0. The van der Waals surface area contributed by atoms with E-state index in [1.54, 1.807) is 0 Å². The molecule has 0 N–H and O–H groups in total. The molecule has 0 radical (unpaired) electrons. The van der Waals surface area contributed by atoms with Crippen LogP contribution < -0.4 is 0 Å². The molecule has 3 aromatic rings. The van der Waals surface area contributed by atoms with Gasteiger partial charge < -0.3 is 4.40 Å². The molecule has 0 spiro atoms. The van der Waals surface area contributed by atoms with Gasteiger partial charge in [0.15, 0.2) is 0 Å². The number of pyridine rings is 2. The van der Waals surface area contributed by atoms with Gasteiger partial charge in [-0.2, -0.15) is 0 Å². The Balaban J connectivity index is 1.37. The van der Waals surface area contributed by atoms with Gasteiger partial charge in [0.05, 0.1) is 11.9 Å². The summed E-state index contributed by atoms with van der Waals surface area (Å²) in [4.78, 5) is 13.7. The van der Waals surface area contributed by atoms with E-state index in [1.165, 1.54) is 16.8 Å². The lowest BCUT2D eigenvalue weighted by molar-refractivity contribution is 0.121. The molecule has 0 aliphatic carbocycles. The normalized spacial score (nSPS) is 16.7. The Labute approximate surface area is 142 Å².